The number of benzene rings is 1. The van der Waals surface area contributed by atoms with Crippen molar-refractivity contribution in [3.8, 4) is 11.5 Å². The highest BCUT2D eigenvalue weighted by Gasteiger charge is 2.16. The largest absolute Gasteiger partial charge is 0.486 e. The normalized spacial score (nSPS) is 13.0. The van der Waals surface area contributed by atoms with E-state index in [2.05, 4.69) is 10.3 Å². The third-order valence-corrected chi connectivity index (χ3v) is 3.76. The zero-order chi connectivity index (χ0) is 16.8. The van der Waals surface area contributed by atoms with Gasteiger partial charge < -0.3 is 14.8 Å². The Morgan fingerprint density at radius 3 is 3.04 bits per heavy atom. The fourth-order valence-electron chi connectivity index (χ4n) is 2.34. The van der Waals surface area contributed by atoms with Crippen molar-refractivity contribution in [3.63, 3.8) is 0 Å². The second-order valence-corrected chi connectivity index (χ2v) is 5.67. The number of carbonyl (C=O) groups is 1. The summed E-state index contributed by atoms with van der Waals surface area (Å²) in [6.07, 6.45) is 7.26. The molecule has 0 radical (unpaired) electrons. The first kappa shape index (κ1) is 16.3. The van der Waals surface area contributed by atoms with Crippen molar-refractivity contribution in [1.29, 1.82) is 0 Å². The quantitative estimate of drug-likeness (QED) is 0.847. The molecule has 0 unspecified atom stereocenters. The molecule has 1 amide bonds. The molecule has 0 bridgehead atoms. The average Bonchev–Trinajstić information content (AvgIpc) is 2.61. The van der Waals surface area contributed by atoms with Crippen molar-refractivity contribution >= 4 is 23.6 Å². The van der Waals surface area contributed by atoms with Gasteiger partial charge in [0.05, 0.1) is 5.02 Å². The highest BCUT2D eigenvalue weighted by atomic mass is 35.5. The van der Waals surface area contributed by atoms with Crippen LogP contribution in [0, 0.1) is 0 Å². The number of aromatic nitrogens is 1. The van der Waals surface area contributed by atoms with E-state index in [9.17, 15) is 4.79 Å². The van der Waals surface area contributed by atoms with Crippen LogP contribution in [0.4, 0.5) is 0 Å². The van der Waals surface area contributed by atoms with Crippen LogP contribution in [0.15, 0.2) is 42.7 Å². The lowest BCUT2D eigenvalue weighted by Gasteiger charge is -2.20. The van der Waals surface area contributed by atoms with Gasteiger partial charge in [0.2, 0.25) is 5.91 Å². The van der Waals surface area contributed by atoms with Gasteiger partial charge in [-0.25, -0.2) is 0 Å². The minimum absolute atomic E-state index is 0.150. The van der Waals surface area contributed by atoms with E-state index in [1.807, 2.05) is 24.3 Å². The molecule has 5 nitrogen and oxygen atoms in total. The van der Waals surface area contributed by atoms with Crippen molar-refractivity contribution in [1.82, 2.24) is 10.3 Å². The number of fused-ring (bicyclic) bond motifs is 1. The summed E-state index contributed by atoms with van der Waals surface area (Å²) in [5.41, 5.74) is 1.87. The van der Waals surface area contributed by atoms with E-state index in [0.717, 1.165) is 11.1 Å². The van der Waals surface area contributed by atoms with Crippen molar-refractivity contribution in [2.75, 3.05) is 19.8 Å². The predicted molar refractivity (Wildman–Crippen MR) is 92.4 cm³/mol. The molecule has 0 aliphatic carbocycles. The van der Waals surface area contributed by atoms with Crippen LogP contribution in [0.2, 0.25) is 5.02 Å². The maximum atomic E-state index is 11.8. The lowest BCUT2D eigenvalue weighted by atomic mass is 10.1. The number of amides is 1. The Morgan fingerprint density at radius 2 is 2.21 bits per heavy atom. The summed E-state index contributed by atoms with van der Waals surface area (Å²) in [6.45, 7) is 1.53. The number of halogens is 1. The maximum absolute atomic E-state index is 11.8. The second-order valence-electron chi connectivity index (χ2n) is 5.26. The number of ether oxygens (including phenoxy) is 2. The molecule has 1 N–H and O–H groups in total. The molecular weight excluding hydrogens is 328 g/mol. The van der Waals surface area contributed by atoms with Crippen LogP contribution in [0.5, 0.6) is 11.5 Å². The Labute approximate surface area is 145 Å². The van der Waals surface area contributed by atoms with Gasteiger partial charge in [0.15, 0.2) is 11.5 Å². The molecule has 0 saturated heterocycles. The maximum Gasteiger partial charge on any atom is 0.244 e. The molecule has 2 heterocycles. The molecule has 0 atom stereocenters. The molecule has 0 saturated carbocycles. The molecule has 1 aliphatic rings. The fraction of sp³-hybridized carbons (Fsp3) is 0.222. The van der Waals surface area contributed by atoms with Crippen LogP contribution in [-0.4, -0.2) is 30.6 Å². The zero-order valence-corrected chi connectivity index (χ0v) is 13.8. The molecule has 6 heteroatoms. The predicted octanol–water partition coefficient (Wildman–Crippen LogP) is 2.88. The molecule has 1 aromatic heterocycles. The van der Waals surface area contributed by atoms with Gasteiger partial charge in [-0.05, 0) is 41.8 Å². The number of nitrogens with zero attached hydrogens (tertiary/aromatic N) is 1. The van der Waals surface area contributed by atoms with Crippen molar-refractivity contribution in [2.24, 2.45) is 0 Å². The van der Waals surface area contributed by atoms with Crippen molar-refractivity contribution in [3.05, 3.63) is 58.9 Å². The fourth-order valence-corrected chi connectivity index (χ4v) is 2.63. The third kappa shape index (κ3) is 4.26. The lowest BCUT2D eigenvalue weighted by Crippen LogP contribution is -2.23. The van der Waals surface area contributed by atoms with Crippen molar-refractivity contribution < 1.29 is 14.3 Å². The number of pyridine rings is 1. The molecule has 0 fully saturated rings. The Kier molecular flexibility index (Phi) is 5.33. The van der Waals surface area contributed by atoms with Crippen LogP contribution in [-0.2, 0) is 11.2 Å². The van der Waals surface area contributed by atoms with Crippen molar-refractivity contribution in [2.45, 2.75) is 6.42 Å². The third-order valence-electron chi connectivity index (χ3n) is 3.48. The number of nitrogens with one attached hydrogen (secondary N) is 1. The van der Waals surface area contributed by atoms with E-state index in [1.54, 1.807) is 18.5 Å². The Balaban J connectivity index is 1.52. The molecule has 2 aromatic rings. The topological polar surface area (TPSA) is 60.5 Å². The average molecular weight is 345 g/mol. The van der Waals surface area contributed by atoms with Crippen LogP contribution in [0.1, 0.15) is 11.1 Å². The van der Waals surface area contributed by atoms with Crippen LogP contribution >= 0.6 is 11.6 Å². The zero-order valence-electron chi connectivity index (χ0n) is 13.0. The Bertz CT molecular complexity index is 747. The first-order valence-electron chi connectivity index (χ1n) is 7.66. The van der Waals surface area contributed by atoms with Gasteiger partial charge in [0.25, 0.3) is 0 Å². The Morgan fingerprint density at radius 1 is 1.33 bits per heavy atom. The van der Waals surface area contributed by atoms with Gasteiger partial charge in [-0.1, -0.05) is 17.7 Å². The van der Waals surface area contributed by atoms with E-state index >= 15 is 0 Å². The number of carbonyl (C=O) groups excluding carboxylic acids is 1. The van der Waals surface area contributed by atoms with E-state index in [0.29, 0.717) is 42.7 Å². The highest BCUT2D eigenvalue weighted by Crippen LogP contribution is 2.38. The molecular formula is C18H17ClN2O3. The van der Waals surface area contributed by atoms with E-state index < -0.39 is 0 Å². The summed E-state index contributed by atoms with van der Waals surface area (Å²) >= 11 is 6.20. The molecule has 0 spiro atoms. The van der Waals surface area contributed by atoms with E-state index in [4.69, 9.17) is 21.1 Å². The highest BCUT2D eigenvalue weighted by molar-refractivity contribution is 6.32. The van der Waals surface area contributed by atoms with E-state index in [-0.39, 0.29) is 5.91 Å². The lowest BCUT2D eigenvalue weighted by molar-refractivity contribution is -0.116. The minimum Gasteiger partial charge on any atom is -0.486 e. The van der Waals surface area contributed by atoms with Crippen LogP contribution in [0.3, 0.4) is 0 Å². The van der Waals surface area contributed by atoms with Crippen LogP contribution in [0.25, 0.3) is 6.08 Å². The van der Waals surface area contributed by atoms with Gasteiger partial charge in [-0.3, -0.25) is 9.78 Å². The van der Waals surface area contributed by atoms with E-state index in [1.165, 1.54) is 6.08 Å². The summed E-state index contributed by atoms with van der Waals surface area (Å²) < 4.78 is 11.0. The summed E-state index contributed by atoms with van der Waals surface area (Å²) in [4.78, 5) is 15.8. The van der Waals surface area contributed by atoms with Gasteiger partial charge in [0, 0.05) is 25.0 Å². The number of rotatable bonds is 5. The first-order chi connectivity index (χ1) is 11.7. The molecule has 24 heavy (non-hydrogen) atoms. The minimum atomic E-state index is -0.150. The molecule has 124 valence electrons. The van der Waals surface area contributed by atoms with Gasteiger partial charge >= 0.3 is 0 Å². The van der Waals surface area contributed by atoms with Gasteiger partial charge in [-0.2, -0.15) is 0 Å². The summed E-state index contributed by atoms with van der Waals surface area (Å²) in [5.74, 6) is 1.10. The monoisotopic (exact) mass is 344 g/mol. The number of hydrogen-bond acceptors (Lipinski definition) is 4. The SMILES string of the molecule is O=C(/C=C/c1cccnc1)NCCc1cc(Cl)c2c(c1)OCCO2. The summed E-state index contributed by atoms with van der Waals surface area (Å²) in [5, 5.41) is 3.37. The molecule has 1 aliphatic heterocycles. The number of hydrogen-bond donors (Lipinski definition) is 1. The standard InChI is InChI=1S/C18H17ClN2O3/c19-15-10-14(11-16-18(15)24-9-8-23-16)5-7-21-17(22)4-3-13-2-1-6-20-12-13/h1-4,6,10-12H,5,7-9H2,(H,21,22)/b4-3+. The molecule has 3 rings (SSSR count). The molecule has 1 aromatic carbocycles. The summed E-state index contributed by atoms with van der Waals surface area (Å²) in [6, 6.07) is 7.45. The second kappa shape index (κ2) is 7.84. The van der Waals surface area contributed by atoms with Crippen LogP contribution < -0.4 is 14.8 Å². The summed E-state index contributed by atoms with van der Waals surface area (Å²) in [7, 11) is 0. The van der Waals surface area contributed by atoms with Gasteiger partial charge in [-0.15, -0.1) is 0 Å². The van der Waals surface area contributed by atoms with Gasteiger partial charge in [0.1, 0.15) is 13.2 Å². The first-order valence-corrected chi connectivity index (χ1v) is 8.04. The smallest absolute Gasteiger partial charge is 0.244 e. The Hall–Kier alpha value is -2.53.